The molecule has 12 heavy (non-hydrogen) atoms. The Kier molecular flexibility index (Phi) is 2.14. The van der Waals surface area contributed by atoms with Gasteiger partial charge in [0, 0.05) is 13.0 Å². The summed E-state index contributed by atoms with van der Waals surface area (Å²) in [6, 6.07) is 0. The number of cyclic esters (lactones) is 1. The van der Waals surface area contributed by atoms with Crippen LogP contribution in [0.25, 0.3) is 0 Å². The van der Waals surface area contributed by atoms with Gasteiger partial charge in [0.1, 0.15) is 0 Å². The van der Waals surface area contributed by atoms with E-state index in [0.29, 0.717) is 0 Å². The summed E-state index contributed by atoms with van der Waals surface area (Å²) in [6.45, 7) is 0.828. The van der Waals surface area contributed by atoms with Crippen molar-refractivity contribution >= 4 is 11.9 Å². The Bertz CT molecular complexity index is 244. The van der Waals surface area contributed by atoms with Crippen molar-refractivity contribution in [2.24, 2.45) is 0 Å². The lowest BCUT2D eigenvalue weighted by molar-refractivity contribution is -0.197. The predicted molar refractivity (Wildman–Crippen MR) is 36.8 cm³/mol. The van der Waals surface area contributed by atoms with E-state index in [1.165, 1.54) is 6.92 Å². The van der Waals surface area contributed by atoms with Crippen LogP contribution in [0.3, 0.4) is 0 Å². The maximum absolute atomic E-state index is 10.5. The molecule has 1 aliphatic rings. The lowest BCUT2D eigenvalue weighted by Gasteiger charge is -2.18. The Hall–Kier alpha value is -1.36. The average Bonchev–Trinajstić information content (AvgIpc) is 2.29. The van der Waals surface area contributed by atoms with Crippen molar-refractivity contribution in [2.75, 3.05) is 6.61 Å². The number of rotatable bonds is 2. The molecule has 0 saturated heterocycles. The third-order valence-corrected chi connectivity index (χ3v) is 1.24. The number of hydrogen-bond acceptors (Lipinski definition) is 5. The van der Waals surface area contributed by atoms with E-state index < -0.39 is 17.7 Å². The third kappa shape index (κ3) is 2.06. The molecule has 0 saturated carbocycles. The molecular weight excluding hydrogens is 164 g/mol. The Morgan fingerprint density at radius 2 is 2.50 bits per heavy atom. The normalized spacial score (nSPS) is 27.0. The van der Waals surface area contributed by atoms with E-state index in [2.05, 4.69) is 9.47 Å². The molecule has 0 spiro atoms. The molecular formula is C7H8O5. The first kappa shape index (κ1) is 8.73. The van der Waals surface area contributed by atoms with E-state index in [1.807, 2.05) is 0 Å². The van der Waals surface area contributed by atoms with Crippen molar-refractivity contribution in [1.82, 2.24) is 0 Å². The highest BCUT2D eigenvalue weighted by Crippen LogP contribution is 2.16. The second kappa shape index (κ2) is 2.94. The maximum Gasteiger partial charge on any atom is 0.333 e. The summed E-state index contributed by atoms with van der Waals surface area (Å²) in [5, 5.41) is 9.30. The van der Waals surface area contributed by atoms with Gasteiger partial charge in [-0.15, -0.1) is 0 Å². The molecule has 0 bridgehead atoms. The molecule has 0 aromatic carbocycles. The summed E-state index contributed by atoms with van der Waals surface area (Å²) in [4.78, 5) is 20.8. The standard InChI is InChI=1S/C7H8O5/c1-5(8)11-4-7(10)3-2-6(9)12-7/h2-3,10H,4H2,1H3/t7-/m1/s1. The quantitative estimate of drug-likeness (QED) is 0.560. The van der Waals surface area contributed by atoms with Crippen LogP contribution in [0.15, 0.2) is 12.2 Å². The molecule has 1 atom stereocenters. The fourth-order valence-corrected chi connectivity index (χ4v) is 0.723. The van der Waals surface area contributed by atoms with Crippen LogP contribution in [-0.4, -0.2) is 29.4 Å². The van der Waals surface area contributed by atoms with Gasteiger partial charge in [0.15, 0.2) is 6.61 Å². The Balaban J connectivity index is 2.46. The molecule has 5 heteroatoms. The minimum Gasteiger partial charge on any atom is -0.458 e. The summed E-state index contributed by atoms with van der Waals surface area (Å²) >= 11 is 0. The smallest absolute Gasteiger partial charge is 0.333 e. The highest BCUT2D eigenvalue weighted by Gasteiger charge is 2.34. The van der Waals surface area contributed by atoms with Gasteiger partial charge >= 0.3 is 11.9 Å². The van der Waals surface area contributed by atoms with E-state index in [0.717, 1.165) is 12.2 Å². The zero-order valence-electron chi connectivity index (χ0n) is 6.44. The van der Waals surface area contributed by atoms with E-state index >= 15 is 0 Å². The number of carbonyl (C=O) groups is 2. The van der Waals surface area contributed by atoms with Crippen LogP contribution in [0.1, 0.15) is 6.92 Å². The first-order chi connectivity index (χ1) is 5.52. The van der Waals surface area contributed by atoms with Gasteiger partial charge < -0.3 is 14.6 Å². The van der Waals surface area contributed by atoms with Gasteiger partial charge in [-0.3, -0.25) is 4.79 Å². The van der Waals surface area contributed by atoms with E-state index in [9.17, 15) is 14.7 Å². The Morgan fingerprint density at radius 1 is 1.83 bits per heavy atom. The van der Waals surface area contributed by atoms with E-state index in [1.54, 1.807) is 0 Å². The van der Waals surface area contributed by atoms with Crippen LogP contribution in [0.4, 0.5) is 0 Å². The zero-order chi connectivity index (χ0) is 9.19. The average molecular weight is 172 g/mol. The predicted octanol–water partition coefficient (Wildman–Crippen LogP) is -0.649. The number of carbonyl (C=O) groups excluding carboxylic acids is 2. The van der Waals surface area contributed by atoms with Crippen LogP contribution in [0.5, 0.6) is 0 Å². The maximum atomic E-state index is 10.5. The summed E-state index contributed by atoms with van der Waals surface area (Å²) in [5.74, 6) is -2.97. The minimum atomic E-state index is -1.78. The molecule has 66 valence electrons. The minimum absolute atomic E-state index is 0.370. The fourth-order valence-electron chi connectivity index (χ4n) is 0.723. The SMILES string of the molecule is CC(=O)OC[C@@]1(O)C=CC(=O)O1. The molecule has 5 nitrogen and oxygen atoms in total. The number of ether oxygens (including phenoxy) is 2. The summed E-state index contributed by atoms with van der Waals surface area (Å²) < 4.78 is 8.89. The van der Waals surface area contributed by atoms with Crippen molar-refractivity contribution < 1.29 is 24.2 Å². The van der Waals surface area contributed by atoms with Gasteiger partial charge in [0.05, 0.1) is 0 Å². The van der Waals surface area contributed by atoms with E-state index in [4.69, 9.17) is 0 Å². The Morgan fingerprint density at radius 3 is 2.92 bits per heavy atom. The van der Waals surface area contributed by atoms with Gasteiger partial charge in [-0.2, -0.15) is 0 Å². The molecule has 0 aromatic rings. The van der Waals surface area contributed by atoms with Crippen molar-refractivity contribution in [2.45, 2.75) is 12.7 Å². The molecule has 0 aliphatic carbocycles. The molecule has 0 fully saturated rings. The van der Waals surface area contributed by atoms with Crippen molar-refractivity contribution in [1.29, 1.82) is 0 Å². The fraction of sp³-hybridized carbons (Fsp3) is 0.429. The lowest BCUT2D eigenvalue weighted by Crippen LogP contribution is -2.34. The van der Waals surface area contributed by atoms with Crippen LogP contribution < -0.4 is 0 Å². The highest BCUT2D eigenvalue weighted by atomic mass is 16.7. The second-order valence-corrected chi connectivity index (χ2v) is 2.38. The van der Waals surface area contributed by atoms with E-state index in [-0.39, 0.29) is 6.61 Å². The van der Waals surface area contributed by atoms with Crippen molar-refractivity contribution in [3.63, 3.8) is 0 Å². The van der Waals surface area contributed by atoms with Gasteiger partial charge in [-0.1, -0.05) is 0 Å². The van der Waals surface area contributed by atoms with Gasteiger partial charge in [0.2, 0.25) is 0 Å². The molecule has 1 heterocycles. The molecule has 1 aliphatic heterocycles. The summed E-state index contributed by atoms with van der Waals surface area (Å²) in [5.41, 5.74) is 0. The number of hydrogen-bond donors (Lipinski definition) is 1. The van der Waals surface area contributed by atoms with Crippen LogP contribution in [0, 0.1) is 0 Å². The van der Waals surface area contributed by atoms with Crippen molar-refractivity contribution in [3.05, 3.63) is 12.2 Å². The van der Waals surface area contributed by atoms with Crippen LogP contribution in [-0.2, 0) is 19.1 Å². The first-order valence-electron chi connectivity index (χ1n) is 3.30. The Labute approximate surface area is 68.6 Å². The van der Waals surface area contributed by atoms with Crippen LogP contribution >= 0.6 is 0 Å². The summed E-state index contributed by atoms with van der Waals surface area (Å²) in [6.07, 6.45) is 2.21. The van der Waals surface area contributed by atoms with Crippen molar-refractivity contribution in [3.8, 4) is 0 Å². The van der Waals surface area contributed by atoms with Gasteiger partial charge in [-0.05, 0) is 6.08 Å². The number of esters is 2. The monoisotopic (exact) mass is 172 g/mol. The molecule has 0 amide bonds. The lowest BCUT2D eigenvalue weighted by atomic mass is 10.3. The molecule has 0 radical (unpaired) electrons. The topological polar surface area (TPSA) is 72.8 Å². The highest BCUT2D eigenvalue weighted by molar-refractivity contribution is 5.84. The molecule has 1 rings (SSSR count). The molecule has 0 unspecified atom stereocenters. The second-order valence-electron chi connectivity index (χ2n) is 2.38. The largest absolute Gasteiger partial charge is 0.458 e. The van der Waals surface area contributed by atoms with Gasteiger partial charge in [0.25, 0.3) is 5.79 Å². The van der Waals surface area contributed by atoms with Gasteiger partial charge in [-0.25, -0.2) is 4.79 Å². The molecule has 0 aromatic heterocycles. The summed E-state index contributed by atoms with van der Waals surface area (Å²) in [7, 11) is 0. The molecule has 1 N–H and O–H groups in total. The zero-order valence-corrected chi connectivity index (χ0v) is 6.44. The number of aliphatic hydroxyl groups is 1. The third-order valence-electron chi connectivity index (χ3n) is 1.24. The van der Waals surface area contributed by atoms with Crippen LogP contribution in [0.2, 0.25) is 0 Å². The first-order valence-corrected chi connectivity index (χ1v) is 3.30.